The van der Waals surface area contributed by atoms with Crippen LogP contribution in [0.4, 0.5) is 0 Å². The van der Waals surface area contributed by atoms with Gasteiger partial charge in [0, 0.05) is 35.7 Å². The van der Waals surface area contributed by atoms with E-state index in [0.29, 0.717) is 17.7 Å². The SMILES string of the molecule is Cn1ccnc1C(=O)[C@H]1[C@H](c2ccccc2Br)[C@H]2C=C[C@@H]1C2. The van der Waals surface area contributed by atoms with Gasteiger partial charge in [-0.05, 0) is 29.9 Å². The van der Waals surface area contributed by atoms with E-state index >= 15 is 0 Å². The number of Topliss-reactive ketones (excluding diaryl/α,β-unsaturated/α-hetero) is 1. The molecule has 2 aromatic rings. The van der Waals surface area contributed by atoms with E-state index in [1.54, 1.807) is 6.20 Å². The number of benzene rings is 1. The first-order valence-corrected chi connectivity index (χ1v) is 8.40. The summed E-state index contributed by atoms with van der Waals surface area (Å²) in [5.41, 5.74) is 1.24. The molecule has 0 spiro atoms. The van der Waals surface area contributed by atoms with Crippen LogP contribution in [0.3, 0.4) is 0 Å². The zero-order valence-electron chi connectivity index (χ0n) is 12.3. The first-order chi connectivity index (χ1) is 10.7. The summed E-state index contributed by atoms with van der Waals surface area (Å²) in [6.45, 7) is 0. The summed E-state index contributed by atoms with van der Waals surface area (Å²) in [5.74, 6) is 1.78. The molecule has 3 nitrogen and oxygen atoms in total. The van der Waals surface area contributed by atoms with E-state index in [-0.39, 0.29) is 17.6 Å². The van der Waals surface area contributed by atoms with Crippen molar-refractivity contribution in [3.05, 3.63) is 64.7 Å². The molecule has 2 bridgehead atoms. The minimum Gasteiger partial charge on any atom is -0.332 e. The number of aryl methyl sites for hydroxylation is 1. The zero-order valence-corrected chi connectivity index (χ0v) is 13.9. The molecular weight excluding hydrogens is 340 g/mol. The second kappa shape index (κ2) is 5.20. The monoisotopic (exact) mass is 356 g/mol. The largest absolute Gasteiger partial charge is 0.332 e. The molecule has 0 unspecified atom stereocenters. The molecule has 112 valence electrons. The molecule has 0 amide bonds. The van der Waals surface area contributed by atoms with Gasteiger partial charge >= 0.3 is 0 Å². The number of hydrogen-bond acceptors (Lipinski definition) is 2. The number of aromatic nitrogens is 2. The van der Waals surface area contributed by atoms with Crippen LogP contribution in [0.25, 0.3) is 0 Å². The molecule has 4 rings (SSSR count). The van der Waals surface area contributed by atoms with Crippen molar-refractivity contribution in [2.75, 3.05) is 0 Å². The van der Waals surface area contributed by atoms with Crippen molar-refractivity contribution in [1.82, 2.24) is 9.55 Å². The van der Waals surface area contributed by atoms with Crippen molar-refractivity contribution < 1.29 is 4.79 Å². The third kappa shape index (κ3) is 2.01. The fraction of sp³-hybridized carbons (Fsp3) is 0.333. The molecule has 2 aliphatic rings. The van der Waals surface area contributed by atoms with Gasteiger partial charge in [0.25, 0.3) is 0 Å². The summed E-state index contributed by atoms with van der Waals surface area (Å²) in [5, 5.41) is 0. The second-order valence-electron chi connectivity index (χ2n) is 6.25. The van der Waals surface area contributed by atoms with Crippen molar-refractivity contribution in [3.8, 4) is 0 Å². The van der Waals surface area contributed by atoms with Crippen LogP contribution >= 0.6 is 15.9 Å². The van der Waals surface area contributed by atoms with Crippen molar-refractivity contribution in [2.45, 2.75) is 12.3 Å². The van der Waals surface area contributed by atoms with Crippen LogP contribution in [0.15, 0.2) is 53.3 Å². The van der Waals surface area contributed by atoms with Gasteiger partial charge < -0.3 is 4.57 Å². The molecule has 1 fully saturated rings. The Hall–Kier alpha value is -1.68. The second-order valence-corrected chi connectivity index (χ2v) is 7.10. The minimum atomic E-state index is -0.00481. The molecule has 1 heterocycles. The Bertz CT molecular complexity index is 764. The van der Waals surface area contributed by atoms with E-state index < -0.39 is 0 Å². The van der Waals surface area contributed by atoms with Crippen molar-refractivity contribution in [3.63, 3.8) is 0 Å². The average molecular weight is 357 g/mol. The maximum atomic E-state index is 13.1. The molecule has 2 aliphatic carbocycles. The van der Waals surface area contributed by atoms with E-state index in [9.17, 15) is 4.79 Å². The molecule has 22 heavy (non-hydrogen) atoms. The van der Waals surface area contributed by atoms with Crippen molar-refractivity contribution in [2.24, 2.45) is 24.8 Å². The number of hydrogen-bond donors (Lipinski definition) is 0. The van der Waals surface area contributed by atoms with Crippen LogP contribution in [0, 0.1) is 17.8 Å². The lowest BCUT2D eigenvalue weighted by molar-refractivity contribution is 0.0872. The van der Waals surface area contributed by atoms with E-state index in [2.05, 4.69) is 51.3 Å². The summed E-state index contributed by atoms with van der Waals surface area (Å²) < 4.78 is 2.92. The van der Waals surface area contributed by atoms with Crippen molar-refractivity contribution >= 4 is 21.7 Å². The van der Waals surface area contributed by atoms with Crippen LogP contribution in [-0.4, -0.2) is 15.3 Å². The maximum absolute atomic E-state index is 13.1. The average Bonchev–Trinajstić information content (AvgIpc) is 3.22. The number of carbonyl (C=O) groups is 1. The topological polar surface area (TPSA) is 34.9 Å². The van der Waals surface area contributed by atoms with Crippen LogP contribution in [0.2, 0.25) is 0 Å². The first kappa shape index (κ1) is 13.9. The lowest BCUT2D eigenvalue weighted by atomic mass is 9.76. The molecular formula is C18H17BrN2O. The number of fused-ring (bicyclic) bond motifs is 2. The molecule has 0 aliphatic heterocycles. The van der Waals surface area contributed by atoms with Gasteiger partial charge in [0.1, 0.15) is 0 Å². The molecule has 1 saturated carbocycles. The van der Waals surface area contributed by atoms with Gasteiger partial charge in [0.15, 0.2) is 5.82 Å². The summed E-state index contributed by atoms with van der Waals surface area (Å²) in [6.07, 6.45) is 9.13. The standard InChI is InChI=1S/C18H17BrN2O/c1-21-9-8-20-18(21)17(22)16-12-7-6-11(10-12)15(16)13-4-2-3-5-14(13)19/h2-9,11-12,15-16H,10H2,1H3/t11-,12+,15-,16+/m0/s1. The smallest absolute Gasteiger partial charge is 0.202 e. The van der Waals surface area contributed by atoms with Crippen LogP contribution in [0.5, 0.6) is 0 Å². The van der Waals surface area contributed by atoms with Gasteiger partial charge in [-0.3, -0.25) is 4.79 Å². The number of ketones is 1. The Balaban J connectivity index is 1.77. The molecule has 4 atom stereocenters. The molecule has 0 N–H and O–H groups in total. The van der Waals surface area contributed by atoms with Gasteiger partial charge in [0.05, 0.1) is 0 Å². The van der Waals surface area contributed by atoms with Crippen LogP contribution in [-0.2, 0) is 7.05 Å². The van der Waals surface area contributed by atoms with Crippen LogP contribution < -0.4 is 0 Å². The Labute approximate surface area is 138 Å². The number of imidazole rings is 1. The Morgan fingerprint density at radius 3 is 2.77 bits per heavy atom. The Kier molecular flexibility index (Phi) is 3.30. The van der Waals surface area contributed by atoms with Gasteiger partial charge in [-0.15, -0.1) is 0 Å². The minimum absolute atomic E-state index is 0.00481. The predicted octanol–water partition coefficient (Wildman–Crippen LogP) is 3.97. The summed E-state index contributed by atoms with van der Waals surface area (Å²) in [4.78, 5) is 17.4. The summed E-state index contributed by atoms with van der Waals surface area (Å²) in [7, 11) is 1.89. The highest BCUT2D eigenvalue weighted by molar-refractivity contribution is 9.10. The maximum Gasteiger partial charge on any atom is 0.202 e. The summed E-state index contributed by atoms with van der Waals surface area (Å²) >= 11 is 3.66. The van der Waals surface area contributed by atoms with E-state index in [1.165, 1.54) is 5.56 Å². The van der Waals surface area contributed by atoms with E-state index in [1.807, 2.05) is 23.9 Å². The summed E-state index contributed by atoms with van der Waals surface area (Å²) in [6, 6.07) is 8.28. The Morgan fingerprint density at radius 1 is 1.27 bits per heavy atom. The van der Waals surface area contributed by atoms with E-state index in [4.69, 9.17) is 0 Å². The third-order valence-electron chi connectivity index (χ3n) is 5.07. The molecule has 0 saturated heterocycles. The lowest BCUT2D eigenvalue weighted by Gasteiger charge is -2.28. The number of nitrogens with zero attached hydrogens (tertiary/aromatic N) is 2. The molecule has 4 heteroatoms. The van der Waals surface area contributed by atoms with Gasteiger partial charge in [-0.25, -0.2) is 4.98 Å². The fourth-order valence-electron chi connectivity index (χ4n) is 4.10. The first-order valence-electron chi connectivity index (χ1n) is 7.61. The van der Waals surface area contributed by atoms with Gasteiger partial charge in [-0.1, -0.05) is 46.3 Å². The highest BCUT2D eigenvalue weighted by Crippen LogP contribution is 2.54. The van der Waals surface area contributed by atoms with Gasteiger partial charge in [-0.2, -0.15) is 0 Å². The molecule has 1 aromatic carbocycles. The van der Waals surface area contributed by atoms with Gasteiger partial charge in [0.2, 0.25) is 5.78 Å². The number of halogens is 1. The highest BCUT2D eigenvalue weighted by Gasteiger charge is 2.49. The molecule has 0 radical (unpaired) electrons. The predicted molar refractivity (Wildman–Crippen MR) is 88.6 cm³/mol. The number of allylic oxidation sites excluding steroid dienone is 2. The van der Waals surface area contributed by atoms with Crippen molar-refractivity contribution in [1.29, 1.82) is 0 Å². The lowest BCUT2D eigenvalue weighted by Crippen LogP contribution is -2.28. The number of carbonyl (C=O) groups excluding carboxylic acids is 1. The Morgan fingerprint density at radius 2 is 2.05 bits per heavy atom. The zero-order chi connectivity index (χ0) is 15.3. The highest BCUT2D eigenvalue weighted by atomic mass is 79.9. The molecule has 1 aromatic heterocycles. The van der Waals surface area contributed by atoms with E-state index in [0.717, 1.165) is 10.9 Å². The fourth-order valence-corrected chi connectivity index (χ4v) is 4.65. The number of rotatable bonds is 3. The normalized spacial score (nSPS) is 29.2. The van der Waals surface area contributed by atoms with Crippen LogP contribution in [0.1, 0.15) is 28.5 Å². The quantitative estimate of drug-likeness (QED) is 0.615. The third-order valence-corrected chi connectivity index (χ3v) is 5.79.